The second kappa shape index (κ2) is 6.07. The summed E-state index contributed by atoms with van der Waals surface area (Å²) in [6, 6.07) is 5.15. The first-order valence-corrected chi connectivity index (χ1v) is 6.08. The van der Waals surface area contributed by atoms with Crippen molar-refractivity contribution >= 4 is 23.2 Å². The average molecular weight is 271 g/mol. The molecule has 0 bridgehead atoms. The summed E-state index contributed by atoms with van der Waals surface area (Å²) in [7, 11) is 3.38. The van der Waals surface area contributed by atoms with Crippen molar-refractivity contribution in [3.8, 4) is 5.75 Å². The number of carbonyl (C=O) groups is 1. The molecule has 1 aromatic carbocycles. The molecule has 1 aromatic rings. The van der Waals surface area contributed by atoms with Crippen LogP contribution in [0.25, 0.3) is 0 Å². The van der Waals surface area contributed by atoms with Gasteiger partial charge < -0.3 is 15.4 Å². The maximum atomic E-state index is 11.8. The molecule has 0 aliphatic heterocycles. The van der Waals surface area contributed by atoms with Crippen LogP contribution in [-0.2, 0) is 4.79 Å². The van der Waals surface area contributed by atoms with Gasteiger partial charge in [-0.1, -0.05) is 11.6 Å². The Morgan fingerprint density at radius 1 is 1.44 bits per heavy atom. The van der Waals surface area contributed by atoms with E-state index >= 15 is 0 Å². The van der Waals surface area contributed by atoms with Crippen LogP contribution in [0.1, 0.15) is 20.3 Å². The van der Waals surface area contributed by atoms with Gasteiger partial charge in [0.25, 0.3) is 0 Å². The third kappa shape index (κ3) is 4.20. The van der Waals surface area contributed by atoms with Crippen LogP contribution in [0.15, 0.2) is 18.2 Å². The van der Waals surface area contributed by atoms with Gasteiger partial charge in [0.1, 0.15) is 5.75 Å². The Hall–Kier alpha value is -1.26. The molecule has 4 nitrogen and oxygen atoms in total. The number of anilines is 1. The third-order valence-corrected chi connectivity index (χ3v) is 3.01. The molecule has 0 saturated carbocycles. The van der Waals surface area contributed by atoms with Gasteiger partial charge >= 0.3 is 0 Å². The second-order valence-corrected chi connectivity index (χ2v) is 5.12. The van der Waals surface area contributed by atoms with Crippen LogP contribution in [0.3, 0.4) is 0 Å². The van der Waals surface area contributed by atoms with Gasteiger partial charge in [-0.25, -0.2) is 0 Å². The molecule has 0 spiro atoms. The number of rotatable bonds is 5. The third-order valence-electron chi connectivity index (χ3n) is 2.71. The highest BCUT2D eigenvalue weighted by Crippen LogP contribution is 2.27. The normalized spacial score (nSPS) is 11.2. The van der Waals surface area contributed by atoms with Crippen molar-refractivity contribution in [2.75, 3.05) is 19.5 Å². The van der Waals surface area contributed by atoms with E-state index in [1.807, 2.05) is 20.9 Å². The lowest BCUT2D eigenvalue weighted by Crippen LogP contribution is -2.39. The van der Waals surface area contributed by atoms with E-state index in [4.69, 9.17) is 16.3 Å². The summed E-state index contributed by atoms with van der Waals surface area (Å²) < 4.78 is 5.05. The molecule has 0 aliphatic rings. The molecule has 0 radical (unpaired) electrons. The first kappa shape index (κ1) is 14.8. The number of hydrogen-bond acceptors (Lipinski definition) is 3. The molecule has 100 valence electrons. The minimum absolute atomic E-state index is 0.0596. The molecule has 0 fully saturated rings. The Morgan fingerprint density at radius 3 is 2.61 bits per heavy atom. The maximum Gasteiger partial charge on any atom is 0.226 e. The van der Waals surface area contributed by atoms with Gasteiger partial charge in [-0.15, -0.1) is 0 Å². The molecule has 18 heavy (non-hydrogen) atoms. The highest BCUT2D eigenvalue weighted by atomic mass is 35.5. The number of methoxy groups -OCH3 is 1. The van der Waals surface area contributed by atoms with Crippen molar-refractivity contribution in [1.29, 1.82) is 0 Å². The molecule has 1 rings (SSSR count). The highest BCUT2D eigenvalue weighted by Gasteiger charge is 2.19. The molecule has 0 atom stereocenters. The molecule has 1 amide bonds. The number of benzene rings is 1. The molecule has 0 aromatic heterocycles. The number of amides is 1. The minimum Gasteiger partial charge on any atom is -0.495 e. The quantitative estimate of drug-likeness (QED) is 0.865. The predicted molar refractivity (Wildman–Crippen MR) is 74.4 cm³/mol. The van der Waals surface area contributed by atoms with Crippen molar-refractivity contribution in [2.45, 2.75) is 25.8 Å². The number of nitrogens with one attached hydrogen (secondary N) is 2. The molecular weight excluding hydrogens is 252 g/mol. The fraction of sp³-hybridized carbons (Fsp3) is 0.462. The Kier molecular flexibility index (Phi) is 4.99. The summed E-state index contributed by atoms with van der Waals surface area (Å²) in [5.41, 5.74) is 0.429. The minimum atomic E-state index is -0.236. The van der Waals surface area contributed by atoms with E-state index in [9.17, 15) is 4.79 Å². The summed E-state index contributed by atoms with van der Waals surface area (Å²) in [5.74, 6) is 0.529. The summed E-state index contributed by atoms with van der Waals surface area (Å²) >= 11 is 5.98. The lowest BCUT2D eigenvalue weighted by Gasteiger charge is -2.23. The van der Waals surface area contributed by atoms with E-state index in [0.29, 0.717) is 22.9 Å². The summed E-state index contributed by atoms with van der Waals surface area (Å²) in [5, 5.41) is 6.36. The largest absolute Gasteiger partial charge is 0.495 e. The van der Waals surface area contributed by atoms with E-state index in [1.165, 1.54) is 0 Å². The van der Waals surface area contributed by atoms with Crippen LogP contribution in [0.4, 0.5) is 5.69 Å². The SMILES string of the molecule is CNC(C)(C)CC(=O)Nc1ccc(OC)c(Cl)c1. The number of ether oxygens (including phenoxy) is 1. The van der Waals surface area contributed by atoms with E-state index in [0.717, 1.165) is 0 Å². The monoisotopic (exact) mass is 270 g/mol. The summed E-state index contributed by atoms with van der Waals surface area (Å²) in [6.45, 7) is 3.93. The van der Waals surface area contributed by atoms with Gasteiger partial charge in [-0.2, -0.15) is 0 Å². The van der Waals surface area contributed by atoms with Crippen LogP contribution in [0.5, 0.6) is 5.75 Å². The fourth-order valence-electron chi connectivity index (χ4n) is 1.44. The van der Waals surface area contributed by atoms with Crippen LogP contribution in [0, 0.1) is 0 Å². The first-order valence-electron chi connectivity index (χ1n) is 5.70. The lowest BCUT2D eigenvalue weighted by molar-refractivity contribution is -0.117. The topological polar surface area (TPSA) is 50.4 Å². The van der Waals surface area contributed by atoms with Gasteiger partial charge in [0.05, 0.1) is 12.1 Å². The lowest BCUT2D eigenvalue weighted by atomic mass is 10.0. The maximum absolute atomic E-state index is 11.8. The van der Waals surface area contributed by atoms with Crippen molar-refractivity contribution in [3.63, 3.8) is 0 Å². The Balaban J connectivity index is 2.68. The molecule has 5 heteroatoms. The Morgan fingerprint density at radius 2 is 2.11 bits per heavy atom. The van der Waals surface area contributed by atoms with Gasteiger partial charge in [-0.05, 0) is 39.1 Å². The van der Waals surface area contributed by atoms with Crippen molar-refractivity contribution in [3.05, 3.63) is 23.2 Å². The molecule has 0 heterocycles. The smallest absolute Gasteiger partial charge is 0.226 e. The number of hydrogen-bond donors (Lipinski definition) is 2. The summed E-state index contributed by atoms with van der Waals surface area (Å²) in [4.78, 5) is 11.8. The van der Waals surface area contributed by atoms with E-state index in [2.05, 4.69) is 10.6 Å². The first-order chi connectivity index (χ1) is 8.38. The van der Waals surface area contributed by atoms with E-state index in [1.54, 1.807) is 25.3 Å². The van der Waals surface area contributed by atoms with Crippen LogP contribution in [-0.4, -0.2) is 25.6 Å². The second-order valence-electron chi connectivity index (χ2n) is 4.71. The number of halogens is 1. The van der Waals surface area contributed by atoms with Crippen LogP contribution >= 0.6 is 11.6 Å². The Bertz CT molecular complexity index is 433. The average Bonchev–Trinajstić information content (AvgIpc) is 2.28. The Labute approximate surface area is 113 Å². The van der Waals surface area contributed by atoms with Crippen molar-refractivity contribution in [1.82, 2.24) is 5.32 Å². The van der Waals surface area contributed by atoms with Crippen molar-refractivity contribution in [2.24, 2.45) is 0 Å². The standard InChI is InChI=1S/C13H19ClN2O2/c1-13(2,15-3)8-12(17)16-9-5-6-11(18-4)10(14)7-9/h5-7,15H,8H2,1-4H3,(H,16,17). The zero-order chi connectivity index (χ0) is 13.8. The van der Waals surface area contributed by atoms with E-state index in [-0.39, 0.29) is 11.4 Å². The molecule has 0 saturated heterocycles. The van der Waals surface area contributed by atoms with Crippen LogP contribution in [0.2, 0.25) is 5.02 Å². The van der Waals surface area contributed by atoms with Crippen LogP contribution < -0.4 is 15.4 Å². The van der Waals surface area contributed by atoms with Crippen molar-refractivity contribution < 1.29 is 9.53 Å². The zero-order valence-corrected chi connectivity index (χ0v) is 11.9. The highest BCUT2D eigenvalue weighted by molar-refractivity contribution is 6.32. The van der Waals surface area contributed by atoms with Gasteiger partial charge in [-0.3, -0.25) is 4.79 Å². The zero-order valence-electron chi connectivity index (χ0n) is 11.1. The van der Waals surface area contributed by atoms with Gasteiger partial charge in [0.2, 0.25) is 5.91 Å². The van der Waals surface area contributed by atoms with Gasteiger partial charge in [0, 0.05) is 17.6 Å². The number of carbonyl (C=O) groups excluding carboxylic acids is 1. The molecule has 0 unspecified atom stereocenters. The summed E-state index contributed by atoms with van der Waals surface area (Å²) in [6.07, 6.45) is 0.382. The molecule has 0 aliphatic carbocycles. The molecular formula is C13H19ClN2O2. The van der Waals surface area contributed by atoms with Gasteiger partial charge in [0.15, 0.2) is 0 Å². The van der Waals surface area contributed by atoms with E-state index < -0.39 is 0 Å². The fourth-order valence-corrected chi connectivity index (χ4v) is 1.70. The predicted octanol–water partition coefficient (Wildman–Crippen LogP) is 2.68. The molecule has 2 N–H and O–H groups in total.